The van der Waals surface area contributed by atoms with Crippen molar-refractivity contribution in [2.45, 2.75) is 0 Å². The van der Waals surface area contributed by atoms with E-state index in [0.29, 0.717) is 0 Å². The van der Waals surface area contributed by atoms with Gasteiger partial charge in [-0.2, -0.15) is 0 Å². The molecule has 1 heterocycles. The Kier molecular flexibility index (Phi) is 2.95. The summed E-state index contributed by atoms with van der Waals surface area (Å²) in [6, 6.07) is 37.1. The van der Waals surface area contributed by atoms with E-state index >= 15 is 0 Å². The molecule has 0 radical (unpaired) electrons. The highest BCUT2D eigenvalue weighted by molar-refractivity contribution is 6.21. The van der Waals surface area contributed by atoms with E-state index < -0.39 is 0 Å². The van der Waals surface area contributed by atoms with E-state index in [9.17, 15) is 0 Å². The Balaban J connectivity index is 1.88. The van der Waals surface area contributed by atoms with Crippen molar-refractivity contribution in [3.8, 4) is 5.69 Å². The van der Waals surface area contributed by atoms with Crippen LogP contribution in [0, 0.1) is 0 Å². The third-order valence-electron chi connectivity index (χ3n) is 5.57. The third-order valence-corrected chi connectivity index (χ3v) is 5.57. The second-order valence-corrected chi connectivity index (χ2v) is 7.03. The van der Waals surface area contributed by atoms with E-state index in [2.05, 4.69) is 108 Å². The highest BCUT2D eigenvalue weighted by Crippen LogP contribution is 2.38. The molecule has 0 amide bonds. The first-order chi connectivity index (χ1) is 13.4. The smallest absolute Gasteiger partial charge is 0.0547 e. The number of hydrogen-bond acceptors (Lipinski definition) is 0. The van der Waals surface area contributed by atoms with Gasteiger partial charge in [0.25, 0.3) is 0 Å². The van der Waals surface area contributed by atoms with Crippen molar-refractivity contribution in [2.24, 2.45) is 0 Å². The van der Waals surface area contributed by atoms with Gasteiger partial charge in [-0.05, 0) is 34.4 Å². The van der Waals surface area contributed by atoms with Crippen LogP contribution in [0.15, 0.2) is 103 Å². The molecule has 27 heavy (non-hydrogen) atoms. The maximum absolute atomic E-state index is 2.42. The lowest BCUT2D eigenvalue weighted by molar-refractivity contribution is 1.20. The molecule has 0 fully saturated rings. The van der Waals surface area contributed by atoms with Crippen LogP contribution in [0.25, 0.3) is 49.0 Å². The molecule has 0 saturated carbocycles. The van der Waals surface area contributed by atoms with Crippen LogP contribution in [-0.4, -0.2) is 4.57 Å². The van der Waals surface area contributed by atoms with Gasteiger partial charge in [0.05, 0.1) is 16.7 Å². The fourth-order valence-corrected chi connectivity index (χ4v) is 4.40. The summed E-state index contributed by atoms with van der Waals surface area (Å²) in [6.45, 7) is 0. The van der Waals surface area contributed by atoms with Gasteiger partial charge >= 0.3 is 0 Å². The Morgan fingerprint density at radius 2 is 1.04 bits per heavy atom. The molecule has 1 aromatic heterocycles. The first-order valence-corrected chi connectivity index (χ1v) is 9.31. The van der Waals surface area contributed by atoms with E-state index in [1.807, 2.05) is 0 Å². The molecule has 0 aliphatic carbocycles. The van der Waals surface area contributed by atoms with Crippen molar-refractivity contribution in [1.29, 1.82) is 0 Å². The number of para-hydroxylation sites is 1. The summed E-state index contributed by atoms with van der Waals surface area (Å²) in [5, 5.41) is 7.77. The Bertz CT molecular complexity index is 1460. The Labute approximate surface area is 157 Å². The maximum Gasteiger partial charge on any atom is 0.0547 e. The number of nitrogens with zero attached hydrogens (tertiary/aromatic N) is 1. The molecular formula is C26H17N. The number of aromatic nitrogens is 1. The molecule has 0 saturated heterocycles. The lowest BCUT2D eigenvalue weighted by Crippen LogP contribution is -1.95. The maximum atomic E-state index is 2.42. The second kappa shape index (κ2) is 5.46. The van der Waals surface area contributed by atoms with Crippen molar-refractivity contribution in [1.82, 2.24) is 4.57 Å². The molecule has 0 N–H and O–H groups in total. The van der Waals surface area contributed by atoms with Crippen molar-refractivity contribution in [3.63, 3.8) is 0 Å². The van der Waals surface area contributed by atoms with E-state index in [4.69, 9.17) is 0 Å². The van der Waals surface area contributed by atoms with Crippen LogP contribution in [-0.2, 0) is 0 Å². The van der Waals surface area contributed by atoms with Gasteiger partial charge in [0.1, 0.15) is 0 Å². The Morgan fingerprint density at radius 1 is 0.407 bits per heavy atom. The van der Waals surface area contributed by atoms with Crippen LogP contribution >= 0.6 is 0 Å². The summed E-state index contributed by atoms with van der Waals surface area (Å²) >= 11 is 0. The predicted molar refractivity (Wildman–Crippen MR) is 116 cm³/mol. The molecule has 0 aliphatic heterocycles. The van der Waals surface area contributed by atoms with E-state index in [0.717, 1.165) is 0 Å². The zero-order valence-corrected chi connectivity index (χ0v) is 14.8. The van der Waals surface area contributed by atoms with Gasteiger partial charge in [-0.25, -0.2) is 0 Å². The van der Waals surface area contributed by atoms with Crippen molar-refractivity contribution in [3.05, 3.63) is 103 Å². The zero-order valence-electron chi connectivity index (χ0n) is 14.8. The molecule has 6 rings (SSSR count). The molecule has 1 heteroatoms. The molecule has 0 aliphatic rings. The lowest BCUT2D eigenvalue weighted by atomic mass is 10.0. The second-order valence-electron chi connectivity index (χ2n) is 7.03. The Hall–Kier alpha value is -3.58. The summed E-state index contributed by atoms with van der Waals surface area (Å²) in [5.74, 6) is 0. The van der Waals surface area contributed by atoms with Crippen LogP contribution < -0.4 is 0 Å². The topological polar surface area (TPSA) is 4.93 Å². The summed E-state index contributed by atoms with van der Waals surface area (Å²) in [6.07, 6.45) is 0. The van der Waals surface area contributed by atoms with Gasteiger partial charge in [0.2, 0.25) is 0 Å². The molecule has 126 valence electrons. The van der Waals surface area contributed by atoms with Gasteiger partial charge in [-0.3, -0.25) is 0 Å². The van der Waals surface area contributed by atoms with Crippen LogP contribution in [0.3, 0.4) is 0 Å². The zero-order chi connectivity index (χ0) is 17.8. The van der Waals surface area contributed by atoms with Crippen LogP contribution in [0.2, 0.25) is 0 Å². The quantitative estimate of drug-likeness (QED) is 0.300. The SMILES string of the molecule is c1ccc2c(-n3c4ccccc4c4c5ccccc5ccc43)cccc2c1. The lowest BCUT2D eigenvalue weighted by Gasteiger charge is -2.11. The average Bonchev–Trinajstić information content (AvgIpc) is 3.08. The van der Waals surface area contributed by atoms with Crippen LogP contribution in [0.5, 0.6) is 0 Å². The first-order valence-electron chi connectivity index (χ1n) is 9.31. The van der Waals surface area contributed by atoms with E-state index in [-0.39, 0.29) is 0 Å². The summed E-state index contributed by atoms with van der Waals surface area (Å²) in [5.41, 5.74) is 3.74. The monoisotopic (exact) mass is 343 g/mol. The number of hydrogen-bond donors (Lipinski definition) is 0. The first kappa shape index (κ1) is 14.6. The molecule has 0 unspecified atom stereocenters. The van der Waals surface area contributed by atoms with Gasteiger partial charge in [-0.1, -0.05) is 84.9 Å². The van der Waals surface area contributed by atoms with Gasteiger partial charge in [0, 0.05) is 16.2 Å². The molecular weight excluding hydrogens is 326 g/mol. The normalized spacial score (nSPS) is 11.7. The number of benzene rings is 5. The molecule has 5 aromatic carbocycles. The minimum absolute atomic E-state index is 1.23. The molecule has 0 atom stereocenters. The fraction of sp³-hybridized carbons (Fsp3) is 0. The summed E-state index contributed by atoms with van der Waals surface area (Å²) in [4.78, 5) is 0. The summed E-state index contributed by atoms with van der Waals surface area (Å²) in [7, 11) is 0. The van der Waals surface area contributed by atoms with Gasteiger partial charge in [-0.15, -0.1) is 0 Å². The summed E-state index contributed by atoms with van der Waals surface area (Å²) < 4.78 is 2.42. The standard InChI is InChI=1S/C26H17N/c1-3-11-20-18(8-1)10-7-15-23(20)27-24-14-6-5-13-22(24)26-21-12-4-2-9-19(21)16-17-25(26)27/h1-17H. The number of fused-ring (bicyclic) bond motifs is 6. The predicted octanol–water partition coefficient (Wildman–Crippen LogP) is 7.09. The Morgan fingerprint density at radius 3 is 1.89 bits per heavy atom. The van der Waals surface area contributed by atoms with Gasteiger partial charge in [0.15, 0.2) is 0 Å². The minimum atomic E-state index is 1.23. The van der Waals surface area contributed by atoms with Crippen LogP contribution in [0.1, 0.15) is 0 Å². The molecule has 6 aromatic rings. The molecule has 0 bridgehead atoms. The fourth-order valence-electron chi connectivity index (χ4n) is 4.40. The number of rotatable bonds is 1. The third kappa shape index (κ3) is 2.00. The highest BCUT2D eigenvalue weighted by Gasteiger charge is 2.15. The largest absolute Gasteiger partial charge is 0.309 e. The molecule has 0 spiro atoms. The van der Waals surface area contributed by atoms with E-state index in [1.54, 1.807) is 0 Å². The minimum Gasteiger partial charge on any atom is -0.309 e. The van der Waals surface area contributed by atoms with Crippen molar-refractivity contribution >= 4 is 43.4 Å². The highest BCUT2D eigenvalue weighted by atomic mass is 15.0. The molecule has 1 nitrogen and oxygen atoms in total. The van der Waals surface area contributed by atoms with Crippen molar-refractivity contribution in [2.75, 3.05) is 0 Å². The average molecular weight is 343 g/mol. The van der Waals surface area contributed by atoms with Gasteiger partial charge < -0.3 is 4.57 Å². The van der Waals surface area contributed by atoms with Crippen LogP contribution in [0.4, 0.5) is 0 Å². The van der Waals surface area contributed by atoms with Crippen molar-refractivity contribution < 1.29 is 0 Å². The van der Waals surface area contributed by atoms with E-state index in [1.165, 1.54) is 49.0 Å².